The maximum absolute atomic E-state index is 15.0. The Labute approximate surface area is 224 Å². The maximum Gasteiger partial charge on any atom is 0.416 e. The average molecular weight is 563 g/mol. The Hall–Kier alpha value is -4.21. The number of carbonyl (C=O) groups is 1. The van der Waals surface area contributed by atoms with Gasteiger partial charge in [0.1, 0.15) is 17.2 Å². The van der Waals surface area contributed by atoms with Gasteiger partial charge in [-0.2, -0.15) is 26.3 Å². The van der Waals surface area contributed by atoms with Crippen LogP contribution in [0.15, 0.2) is 91.0 Å². The molecule has 0 saturated heterocycles. The minimum atomic E-state index is -4.83. The zero-order chi connectivity index (χ0) is 29.3. The van der Waals surface area contributed by atoms with Crippen LogP contribution < -0.4 is 5.32 Å². The SMILES string of the molecule is Cc1ccc(F)c(C(=O)NC(Cc2ccccc2)(c2cccc(C(F)(F)F)c2)c2cccc(C(F)(F)F)c2)c1F. The summed E-state index contributed by atoms with van der Waals surface area (Å²) in [6.45, 7) is 1.28. The highest BCUT2D eigenvalue weighted by molar-refractivity contribution is 5.96. The first kappa shape index (κ1) is 28.8. The summed E-state index contributed by atoms with van der Waals surface area (Å²) in [7, 11) is 0. The predicted octanol–water partition coefficient (Wildman–Crippen LogP) is 8.23. The lowest BCUT2D eigenvalue weighted by atomic mass is 9.76. The van der Waals surface area contributed by atoms with E-state index in [1.165, 1.54) is 19.1 Å². The Morgan fingerprint density at radius 3 is 1.68 bits per heavy atom. The highest BCUT2D eigenvalue weighted by atomic mass is 19.4. The van der Waals surface area contributed by atoms with Crippen LogP contribution in [0.1, 0.15) is 43.7 Å². The molecule has 0 fully saturated rings. The topological polar surface area (TPSA) is 29.1 Å². The van der Waals surface area contributed by atoms with Gasteiger partial charge in [-0.25, -0.2) is 8.78 Å². The molecule has 0 aliphatic heterocycles. The number of hydrogen-bond donors (Lipinski definition) is 1. The molecule has 0 heterocycles. The van der Waals surface area contributed by atoms with Crippen molar-refractivity contribution in [3.8, 4) is 0 Å². The molecule has 208 valence electrons. The van der Waals surface area contributed by atoms with Gasteiger partial charge in [-0.1, -0.05) is 60.7 Å². The van der Waals surface area contributed by atoms with Gasteiger partial charge >= 0.3 is 12.4 Å². The fourth-order valence-electron chi connectivity index (χ4n) is 4.50. The number of halogens is 8. The highest BCUT2D eigenvalue weighted by Crippen LogP contribution is 2.40. The lowest BCUT2D eigenvalue weighted by Crippen LogP contribution is -2.49. The number of carbonyl (C=O) groups excluding carboxylic acids is 1. The van der Waals surface area contributed by atoms with Crippen molar-refractivity contribution in [3.63, 3.8) is 0 Å². The normalized spacial score (nSPS) is 12.3. The fourth-order valence-corrected chi connectivity index (χ4v) is 4.50. The van der Waals surface area contributed by atoms with Gasteiger partial charge in [0.2, 0.25) is 0 Å². The third-order valence-corrected chi connectivity index (χ3v) is 6.52. The predicted molar refractivity (Wildman–Crippen MR) is 132 cm³/mol. The first-order valence-electron chi connectivity index (χ1n) is 11.9. The van der Waals surface area contributed by atoms with E-state index in [1.807, 2.05) is 0 Å². The van der Waals surface area contributed by atoms with Gasteiger partial charge in [0, 0.05) is 6.42 Å². The zero-order valence-corrected chi connectivity index (χ0v) is 20.8. The van der Waals surface area contributed by atoms with E-state index in [0.29, 0.717) is 17.7 Å². The quantitative estimate of drug-likeness (QED) is 0.235. The van der Waals surface area contributed by atoms with Gasteiger partial charge in [0.15, 0.2) is 0 Å². The van der Waals surface area contributed by atoms with Crippen molar-refractivity contribution in [3.05, 3.63) is 142 Å². The van der Waals surface area contributed by atoms with Crippen molar-refractivity contribution < 1.29 is 39.9 Å². The van der Waals surface area contributed by atoms with Gasteiger partial charge in [0.05, 0.1) is 16.7 Å². The largest absolute Gasteiger partial charge is 0.416 e. The zero-order valence-electron chi connectivity index (χ0n) is 20.8. The number of amides is 1. The van der Waals surface area contributed by atoms with Crippen molar-refractivity contribution in [2.45, 2.75) is 31.2 Å². The van der Waals surface area contributed by atoms with Crippen LogP contribution in [0.25, 0.3) is 0 Å². The number of benzene rings is 4. The van der Waals surface area contributed by atoms with Crippen LogP contribution in [0, 0.1) is 18.6 Å². The molecule has 0 radical (unpaired) electrons. The molecule has 0 atom stereocenters. The van der Waals surface area contributed by atoms with Crippen molar-refractivity contribution in [2.24, 2.45) is 0 Å². The van der Waals surface area contributed by atoms with E-state index in [1.54, 1.807) is 30.3 Å². The first-order chi connectivity index (χ1) is 18.7. The summed E-state index contributed by atoms with van der Waals surface area (Å²) >= 11 is 0. The molecule has 0 bridgehead atoms. The van der Waals surface area contributed by atoms with Crippen LogP contribution in [0.3, 0.4) is 0 Å². The number of nitrogens with one attached hydrogen (secondary N) is 1. The van der Waals surface area contributed by atoms with E-state index >= 15 is 0 Å². The Morgan fingerprint density at radius 1 is 0.675 bits per heavy atom. The Bertz CT molecular complexity index is 1470. The molecular formula is C30H21F8NO. The second kappa shape index (κ2) is 10.7. The molecule has 0 saturated carbocycles. The molecule has 1 amide bonds. The minimum absolute atomic E-state index is 0.0849. The number of hydrogen-bond acceptors (Lipinski definition) is 1. The molecule has 10 heteroatoms. The van der Waals surface area contributed by atoms with E-state index in [0.717, 1.165) is 36.4 Å². The van der Waals surface area contributed by atoms with Gasteiger partial charge in [-0.3, -0.25) is 4.79 Å². The molecule has 4 rings (SSSR count). The van der Waals surface area contributed by atoms with E-state index in [2.05, 4.69) is 5.32 Å². The Kier molecular flexibility index (Phi) is 7.74. The van der Waals surface area contributed by atoms with E-state index in [9.17, 15) is 39.9 Å². The molecule has 0 aliphatic rings. The van der Waals surface area contributed by atoms with Gasteiger partial charge in [-0.15, -0.1) is 0 Å². The van der Waals surface area contributed by atoms with Crippen molar-refractivity contribution in [2.75, 3.05) is 0 Å². The van der Waals surface area contributed by atoms with Crippen LogP contribution >= 0.6 is 0 Å². The smallest absolute Gasteiger partial charge is 0.338 e. The lowest BCUT2D eigenvalue weighted by molar-refractivity contribution is -0.138. The van der Waals surface area contributed by atoms with E-state index < -0.39 is 52.1 Å². The second-order valence-corrected chi connectivity index (χ2v) is 9.23. The highest BCUT2D eigenvalue weighted by Gasteiger charge is 2.41. The summed E-state index contributed by atoms with van der Waals surface area (Å²) in [5, 5.41) is 2.44. The maximum atomic E-state index is 15.0. The van der Waals surface area contributed by atoms with Crippen LogP contribution in [0.2, 0.25) is 0 Å². The van der Waals surface area contributed by atoms with E-state index in [4.69, 9.17) is 0 Å². The number of rotatable bonds is 6. The molecule has 4 aromatic rings. The van der Waals surface area contributed by atoms with Crippen molar-refractivity contribution >= 4 is 5.91 Å². The van der Waals surface area contributed by atoms with Crippen LogP contribution in [-0.4, -0.2) is 5.91 Å². The Balaban J connectivity index is 2.04. The number of alkyl halides is 6. The van der Waals surface area contributed by atoms with Crippen molar-refractivity contribution in [1.29, 1.82) is 0 Å². The molecular weight excluding hydrogens is 542 g/mol. The summed E-state index contributed by atoms with van der Waals surface area (Å²) in [6, 6.07) is 17.4. The van der Waals surface area contributed by atoms with Crippen LogP contribution in [0.4, 0.5) is 35.1 Å². The number of aryl methyl sites for hydroxylation is 1. The molecule has 0 aromatic heterocycles. The summed E-state index contributed by atoms with van der Waals surface area (Å²) in [6.07, 6.45) is -10.0. The van der Waals surface area contributed by atoms with Crippen LogP contribution in [-0.2, 0) is 24.3 Å². The average Bonchev–Trinajstić information content (AvgIpc) is 2.90. The molecule has 0 unspecified atom stereocenters. The Morgan fingerprint density at radius 2 is 1.18 bits per heavy atom. The third kappa shape index (κ3) is 5.85. The molecule has 2 nitrogen and oxygen atoms in total. The van der Waals surface area contributed by atoms with Gasteiger partial charge in [-0.05, 0) is 59.5 Å². The monoisotopic (exact) mass is 563 g/mol. The summed E-state index contributed by atoms with van der Waals surface area (Å²) in [5.41, 5.74) is -5.55. The molecule has 1 N–H and O–H groups in total. The summed E-state index contributed by atoms with van der Waals surface area (Å²) in [4.78, 5) is 13.5. The molecule has 0 spiro atoms. The van der Waals surface area contributed by atoms with Gasteiger partial charge in [0.25, 0.3) is 5.91 Å². The molecule has 4 aromatic carbocycles. The summed E-state index contributed by atoms with van der Waals surface area (Å²) in [5.74, 6) is -3.81. The van der Waals surface area contributed by atoms with E-state index in [-0.39, 0.29) is 23.1 Å². The van der Waals surface area contributed by atoms with Gasteiger partial charge < -0.3 is 5.32 Å². The van der Waals surface area contributed by atoms with Crippen molar-refractivity contribution in [1.82, 2.24) is 5.32 Å². The molecule has 40 heavy (non-hydrogen) atoms. The first-order valence-corrected chi connectivity index (χ1v) is 11.9. The second-order valence-electron chi connectivity index (χ2n) is 9.23. The summed E-state index contributed by atoms with van der Waals surface area (Å²) < 4.78 is 112. The third-order valence-electron chi connectivity index (χ3n) is 6.52. The lowest BCUT2D eigenvalue weighted by Gasteiger charge is -2.37. The van der Waals surface area contributed by atoms with Crippen LogP contribution in [0.5, 0.6) is 0 Å². The standard InChI is InChI=1S/C30H21F8NO/c1-18-13-14-24(31)25(26(18)32)27(40)39-28(17-19-7-3-2-4-8-19,20-9-5-11-22(15-20)29(33,34)35)21-10-6-12-23(16-21)30(36,37)38/h2-16H,17H2,1H3,(H,39,40). The minimum Gasteiger partial charge on any atom is -0.338 e. The fraction of sp³-hybridized carbons (Fsp3) is 0.167. The molecule has 0 aliphatic carbocycles.